The molecule has 0 spiro atoms. The van der Waals surface area contributed by atoms with E-state index in [0.29, 0.717) is 0 Å². The van der Waals surface area contributed by atoms with Crippen LogP contribution in [0.4, 0.5) is 0 Å². The summed E-state index contributed by atoms with van der Waals surface area (Å²) in [5.41, 5.74) is -0.667. The van der Waals surface area contributed by atoms with Gasteiger partial charge in [-0.15, -0.1) is 17.0 Å². The Morgan fingerprint density at radius 1 is 1.25 bits per heavy atom. The molecule has 0 atom stereocenters. The number of aliphatic hydroxyl groups is 1. The molecule has 0 aromatic rings. The molecular weight excluding hydrogens is 170 g/mol. The van der Waals surface area contributed by atoms with Crippen LogP contribution in [0.5, 0.6) is 0 Å². The first-order valence-corrected chi connectivity index (χ1v) is 2.34. The monoisotopic (exact) mass is 183 g/mol. The van der Waals surface area contributed by atoms with Gasteiger partial charge in [0, 0.05) is 0 Å². The summed E-state index contributed by atoms with van der Waals surface area (Å²) in [4.78, 5) is 1.74. The van der Waals surface area contributed by atoms with E-state index in [1.54, 1.807) is 18.7 Å². The molecule has 2 nitrogen and oxygen atoms in total. The fraction of sp³-hybridized carbons (Fsp3) is 1.00. The largest absolute Gasteiger partial charge is 0.376 e. The van der Waals surface area contributed by atoms with Crippen LogP contribution in [0.3, 0.4) is 0 Å². The van der Waals surface area contributed by atoms with Gasteiger partial charge in [-0.05, 0) is 27.9 Å². The molecule has 0 aliphatic carbocycles. The zero-order valence-electron chi connectivity index (χ0n) is 5.80. The molecule has 0 aromatic heterocycles. The summed E-state index contributed by atoms with van der Waals surface area (Å²) in [6.07, 6.45) is 0. The SMILES string of the molecule is Br.CN(C)C(C)(C)O. The Balaban J connectivity index is 0. The first kappa shape index (κ1) is 11.2. The second-order valence-electron chi connectivity index (χ2n) is 2.39. The molecule has 0 aliphatic rings. The number of hydrogen-bond acceptors (Lipinski definition) is 2. The van der Waals surface area contributed by atoms with Gasteiger partial charge in [-0.3, -0.25) is 4.90 Å². The lowest BCUT2D eigenvalue weighted by Gasteiger charge is -2.25. The van der Waals surface area contributed by atoms with E-state index in [1.165, 1.54) is 0 Å². The molecule has 8 heavy (non-hydrogen) atoms. The molecule has 1 N–H and O–H groups in total. The van der Waals surface area contributed by atoms with Crippen molar-refractivity contribution in [3.63, 3.8) is 0 Å². The van der Waals surface area contributed by atoms with Crippen molar-refractivity contribution in [2.45, 2.75) is 19.6 Å². The van der Waals surface area contributed by atoms with E-state index in [9.17, 15) is 0 Å². The van der Waals surface area contributed by atoms with Crippen LogP contribution in [-0.2, 0) is 0 Å². The molecule has 0 rings (SSSR count). The third kappa shape index (κ3) is 4.56. The fourth-order valence-electron chi connectivity index (χ4n) is 0. The van der Waals surface area contributed by atoms with Gasteiger partial charge < -0.3 is 5.11 Å². The maximum atomic E-state index is 9.02. The maximum Gasteiger partial charge on any atom is 0.112 e. The molecule has 0 aliphatic heterocycles. The Kier molecular flexibility index (Phi) is 4.82. The second kappa shape index (κ2) is 3.43. The molecule has 0 unspecified atom stereocenters. The van der Waals surface area contributed by atoms with E-state index in [-0.39, 0.29) is 17.0 Å². The van der Waals surface area contributed by atoms with Gasteiger partial charge in [-0.2, -0.15) is 0 Å². The number of nitrogens with zero attached hydrogens (tertiary/aromatic N) is 1. The van der Waals surface area contributed by atoms with Gasteiger partial charge in [0.05, 0.1) is 0 Å². The van der Waals surface area contributed by atoms with Crippen molar-refractivity contribution >= 4 is 17.0 Å². The Morgan fingerprint density at radius 3 is 1.38 bits per heavy atom. The van der Waals surface area contributed by atoms with Crippen molar-refractivity contribution in [1.29, 1.82) is 0 Å². The predicted molar refractivity (Wildman–Crippen MR) is 40.3 cm³/mol. The zero-order chi connectivity index (χ0) is 6.08. The third-order valence-corrected chi connectivity index (χ3v) is 1.09. The minimum atomic E-state index is -0.667. The minimum Gasteiger partial charge on any atom is -0.376 e. The lowest BCUT2D eigenvalue weighted by Crippen LogP contribution is -2.37. The van der Waals surface area contributed by atoms with Crippen LogP contribution >= 0.6 is 17.0 Å². The molecule has 0 fully saturated rings. The topological polar surface area (TPSA) is 23.5 Å². The van der Waals surface area contributed by atoms with Gasteiger partial charge in [-0.25, -0.2) is 0 Å². The minimum absolute atomic E-state index is 0. The standard InChI is InChI=1S/C5H13NO.BrH/c1-5(2,7)6(3)4;/h7H,1-4H3;1H. The summed E-state index contributed by atoms with van der Waals surface area (Å²) in [6.45, 7) is 3.49. The van der Waals surface area contributed by atoms with Crippen LogP contribution < -0.4 is 0 Å². The van der Waals surface area contributed by atoms with Crippen LogP contribution in [-0.4, -0.2) is 29.8 Å². The van der Waals surface area contributed by atoms with Gasteiger partial charge in [0.1, 0.15) is 5.72 Å². The van der Waals surface area contributed by atoms with Crippen molar-refractivity contribution in [2.24, 2.45) is 0 Å². The molecule has 3 heteroatoms. The van der Waals surface area contributed by atoms with Crippen LogP contribution in [0, 0.1) is 0 Å². The highest BCUT2D eigenvalue weighted by Crippen LogP contribution is 2.01. The Morgan fingerprint density at radius 2 is 1.38 bits per heavy atom. The molecule has 0 bridgehead atoms. The Hall–Kier alpha value is 0.400. The van der Waals surface area contributed by atoms with E-state index in [4.69, 9.17) is 5.11 Å². The van der Waals surface area contributed by atoms with E-state index < -0.39 is 5.72 Å². The summed E-state index contributed by atoms with van der Waals surface area (Å²) in [5, 5.41) is 9.02. The Labute approximate surface area is 61.3 Å². The maximum absolute atomic E-state index is 9.02. The lowest BCUT2D eigenvalue weighted by atomic mass is 10.3. The van der Waals surface area contributed by atoms with Gasteiger partial charge in [0.2, 0.25) is 0 Å². The summed E-state index contributed by atoms with van der Waals surface area (Å²) >= 11 is 0. The number of rotatable bonds is 1. The average Bonchev–Trinajstić information content (AvgIpc) is 1.31. The summed E-state index contributed by atoms with van der Waals surface area (Å²) in [6, 6.07) is 0. The van der Waals surface area contributed by atoms with E-state index in [2.05, 4.69) is 0 Å². The van der Waals surface area contributed by atoms with Gasteiger partial charge in [0.15, 0.2) is 0 Å². The fourth-order valence-corrected chi connectivity index (χ4v) is 0. The number of hydrogen-bond donors (Lipinski definition) is 1. The van der Waals surface area contributed by atoms with Crippen molar-refractivity contribution in [2.75, 3.05) is 14.1 Å². The second-order valence-corrected chi connectivity index (χ2v) is 2.39. The molecule has 0 saturated carbocycles. The van der Waals surface area contributed by atoms with Crippen LogP contribution in [0.2, 0.25) is 0 Å². The van der Waals surface area contributed by atoms with E-state index in [1.807, 2.05) is 14.1 Å². The van der Waals surface area contributed by atoms with Crippen molar-refractivity contribution in [3.8, 4) is 0 Å². The summed E-state index contributed by atoms with van der Waals surface area (Å²) < 4.78 is 0. The Bertz CT molecular complexity index is 57.9. The molecule has 0 radical (unpaired) electrons. The molecule has 0 aromatic carbocycles. The average molecular weight is 184 g/mol. The summed E-state index contributed by atoms with van der Waals surface area (Å²) in [7, 11) is 3.67. The quantitative estimate of drug-likeness (QED) is 0.611. The molecular formula is C5H14BrNO. The number of halogens is 1. The van der Waals surface area contributed by atoms with Crippen molar-refractivity contribution in [1.82, 2.24) is 4.90 Å². The smallest absolute Gasteiger partial charge is 0.112 e. The molecule has 0 saturated heterocycles. The highest BCUT2D eigenvalue weighted by atomic mass is 79.9. The molecule has 52 valence electrons. The highest BCUT2D eigenvalue weighted by molar-refractivity contribution is 8.93. The molecule has 0 amide bonds. The highest BCUT2D eigenvalue weighted by Gasteiger charge is 2.13. The predicted octanol–water partition coefficient (Wildman–Crippen LogP) is 0.854. The normalized spacial score (nSPS) is 11.2. The van der Waals surface area contributed by atoms with E-state index >= 15 is 0 Å². The first-order chi connectivity index (χ1) is 2.94. The summed E-state index contributed by atoms with van der Waals surface area (Å²) in [5.74, 6) is 0. The first-order valence-electron chi connectivity index (χ1n) is 2.34. The zero-order valence-corrected chi connectivity index (χ0v) is 7.52. The third-order valence-electron chi connectivity index (χ3n) is 1.09. The molecule has 0 heterocycles. The van der Waals surface area contributed by atoms with Crippen LogP contribution in [0.1, 0.15) is 13.8 Å². The van der Waals surface area contributed by atoms with Crippen LogP contribution in [0.15, 0.2) is 0 Å². The lowest BCUT2D eigenvalue weighted by molar-refractivity contribution is -0.0480. The van der Waals surface area contributed by atoms with Gasteiger partial charge in [-0.1, -0.05) is 0 Å². The van der Waals surface area contributed by atoms with Crippen molar-refractivity contribution < 1.29 is 5.11 Å². The van der Waals surface area contributed by atoms with Crippen LogP contribution in [0.25, 0.3) is 0 Å². The van der Waals surface area contributed by atoms with E-state index in [0.717, 1.165) is 0 Å². The van der Waals surface area contributed by atoms with Gasteiger partial charge >= 0.3 is 0 Å². The van der Waals surface area contributed by atoms with Gasteiger partial charge in [0.25, 0.3) is 0 Å². The van der Waals surface area contributed by atoms with Crippen molar-refractivity contribution in [3.05, 3.63) is 0 Å².